The number of aromatic nitrogens is 1. The largest absolute Gasteiger partial charge is 0.302 e. The number of nitrogens with zero attached hydrogens (tertiary/aromatic N) is 1. The molecule has 0 saturated carbocycles. The van der Waals surface area contributed by atoms with Gasteiger partial charge in [-0.2, -0.15) is 11.8 Å². The molecule has 1 atom stereocenters. The third-order valence-electron chi connectivity index (χ3n) is 5.09. The number of fused-ring (bicyclic) bond motifs is 1. The molecule has 2 aliphatic rings. The molecule has 118 valence electrons. The first kappa shape index (κ1) is 15.8. The maximum Gasteiger partial charge on any atom is 0.115 e. The molecule has 0 bridgehead atoms. The first-order valence-electron chi connectivity index (χ1n) is 8.29. The van der Waals surface area contributed by atoms with Crippen LogP contribution in [0.2, 0.25) is 0 Å². The zero-order valence-electron chi connectivity index (χ0n) is 13.8. The topological polar surface area (TPSA) is 24.9 Å². The van der Waals surface area contributed by atoms with Gasteiger partial charge in [-0.05, 0) is 57.1 Å². The average molecular weight is 325 g/mol. The van der Waals surface area contributed by atoms with Crippen molar-refractivity contribution in [2.75, 3.05) is 11.5 Å². The van der Waals surface area contributed by atoms with Crippen LogP contribution in [-0.4, -0.2) is 22.5 Å². The summed E-state index contributed by atoms with van der Waals surface area (Å²) < 4.78 is 0. The summed E-state index contributed by atoms with van der Waals surface area (Å²) >= 11 is 4.09. The smallest absolute Gasteiger partial charge is 0.115 e. The number of rotatable bonds is 3. The van der Waals surface area contributed by atoms with Crippen molar-refractivity contribution in [2.45, 2.75) is 71.4 Å². The molecule has 2 nitrogen and oxygen atoms in total. The molecule has 1 aliphatic heterocycles. The number of thioether (sulfide) groups is 1. The zero-order chi connectivity index (χ0) is 15.1. The molecule has 0 radical (unpaired) electrons. The van der Waals surface area contributed by atoms with E-state index >= 15 is 0 Å². The van der Waals surface area contributed by atoms with E-state index in [4.69, 9.17) is 4.98 Å². The molecule has 1 unspecified atom stereocenters. The Morgan fingerprint density at radius 2 is 1.95 bits per heavy atom. The summed E-state index contributed by atoms with van der Waals surface area (Å²) in [6.07, 6.45) is 6.37. The minimum atomic E-state index is 0.0477. The highest BCUT2D eigenvalue weighted by Crippen LogP contribution is 2.50. The monoisotopic (exact) mass is 324 g/mol. The number of aryl methyl sites for hydroxylation is 2. The Labute approximate surface area is 137 Å². The fourth-order valence-corrected chi connectivity index (χ4v) is 6.93. The predicted molar refractivity (Wildman–Crippen MR) is 94.4 cm³/mol. The zero-order valence-corrected chi connectivity index (χ0v) is 15.4. The van der Waals surface area contributed by atoms with Crippen LogP contribution in [0.3, 0.4) is 0 Å². The summed E-state index contributed by atoms with van der Waals surface area (Å²) in [5.41, 5.74) is 1.72. The molecule has 1 aromatic rings. The van der Waals surface area contributed by atoms with Crippen molar-refractivity contribution in [1.82, 2.24) is 10.3 Å². The molecule has 21 heavy (non-hydrogen) atoms. The van der Waals surface area contributed by atoms with Crippen LogP contribution in [-0.2, 0) is 18.4 Å². The minimum Gasteiger partial charge on any atom is -0.302 e. The van der Waals surface area contributed by atoms with Crippen molar-refractivity contribution in [2.24, 2.45) is 5.41 Å². The summed E-state index contributed by atoms with van der Waals surface area (Å²) in [7, 11) is 0. The third-order valence-corrected chi connectivity index (χ3v) is 7.54. The molecule has 2 heterocycles. The van der Waals surface area contributed by atoms with E-state index in [9.17, 15) is 0 Å². The Bertz CT molecular complexity index is 483. The van der Waals surface area contributed by atoms with E-state index < -0.39 is 0 Å². The van der Waals surface area contributed by atoms with E-state index in [1.807, 2.05) is 11.3 Å². The lowest BCUT2D eigenvalue weighted by Crippen LogP contribution is -2.59. The van der Waals surface area contributed by atoms with Crippen molar-refractivity contribution in [3.05, 3.63) is 15.6 Å². The molecule has 4 heteroatoms. The van der Waals surface area contributed by atoms with Crippen LogP contribution in [0.25, 0.3) is 0 Å². The van der Waals surface area contributed by atoms with Crippen molar-refractivity contribution in [3.63, 3.8) is 0 Å². The van der Waals surface area contributed by atoms with E-state index in [1.54, 1.807) is 4.88 Å². The fraction of sp³-hybridized carbons (Fsp3) is 0.824. The lowest BCUT2D eigenvalue weighted by atomic mass is 9.70. The second-order valence-electron chi connectivity index (χ2n) is 7.49. The molecule has 1 saturated heterocycles. The van der Waals surface area contributed by atoms with Gasteiger partial charge >= 0.3 is 0 Å². The molecular weight excluding hydrogens is 296 g/mol. The van der Waals surface area contributed by atoms with E-state index in [0.29, 0.717) is 6.04 Å². The molecule has 0 spiro atoms. The van der Waals surface area contributed by atoms with Gasteiger partial charge in [0.2, 0.25) is 0 Å². The average Bonchev–Trinajstić information content (AvgIpc) is 2.85. The van der Waals surface area contributed by atoms with E-state index in [2.05, 4.69) is 44.8 Å². The van der Waals surface area contributed by atoms with Crippen LogP contribution < -0.4 is 5.32 Å². The lowest BCUT2D eigenvalue weighted by molar-refractivity contribution is 0.118. The van der Waals surface area contributed by atoms with Crippen LogP contribution in [0.1, 0.15) is 62.5 Å². The minimum absolute atomic E-state index is 0.0477. The molecule has 1 N–H and O–H groups in total. The van der Waals surface area contributed by atoms with Crippen LogP contribution in [0.4, 0.5) is 0 Å². The van der Waals surface area contributed by atoms with Gasteiger partial charge in [-0.15, -0.1) is 11.3 Å². The summed E-state index contributed by atoms with van der Waals surface area (Å²) in [5, 5.41) is 5.30. The van der Waals surface area contributed by atoms with Crippen molar-refractivity contribution in [1.29, 1.82) is 0 Å². The summed E-state index contributed by atoms with van der Waals surface area (Å²) in [4.78, 5) is 6.70. The van der Waals surface area contributed by atoms with Gasteiger partial charge in [-0.1, -0.05) is 13.8 Å². The molecule has 1 fully saturated rings. The van der Waals surface area contributed by atoms with Crippen molar-refractivity contribution in [3.8, 4) is 0 Å². The normalized spacial score (nSPS) is 28.6. The maximum absolute atomic E-state index is 5.14. The first-order chi connectivity index (χ1) is 9.95. The van der Waals surface area contributed by atoms with E-state index in [1.165, 1.54) is 48.6 Å². The number of thiazole rings is 1. The second kappa shape index (κ2) is 5.86. The molecule has 1 aliphatic carbocycles. The standard InChI is InChI=1S/C17H28N2S2/c1-12(2)19-17(11-20-10-9-16(17,3)4)15-18-13-7-5-6-8-14(13)21-15/h12,19H,5-11H2,1-4H3. The van der Waals surface area contributed by atoms with E-state index in [-0.39, 0.29) is 11.0 Å². The maximum atomic E-state index is 5.14. The number of hydrogen-bond donors (Lipinski definition) is 1. The van der Waals surface area contributed by atoms with Gasteiger partial charge in [0.05, 0.1) is 11.2 Å². The highest BCUT2D eigenvalue weighted by atomic mass is 32.2. The first-order valence-corrected chi connectivity index (χ1v) is 10.3. The molecule has 1 aromatic heterocycles. The Hall–Kier alpha value is -0.0600. The van der Waals surface area contributed by atoms with Crippen LogP contribution in [0.15, 0.2) is 0 Å². The van der Waals surface area contributed by atoms with Gasteiger partial charge in [-0.25, -0.2) is 4.98 Å². The van der Waals surface area contributed by atoms with Crippen LogP contribution >= 0.6 is 23.1 Å². The van der Waals surface area contributed by atoms with Gasteiger partial charge in [-0.3, -0.25) is 0 Å². The third kappa shape index (κ3) is 2.79. The highest BCUT2D eigenvalue weighted by molar-refractivity contribution is 7.99. The number of nitrogens with one attached hydrogen (secondary N) is 1. The molecule has 3 rings (SSSR count). The lowest BCUT2D eigenvalue weighted by Gasteiger charge is -2.50. The Morgan fingerprint density at radius 3 is 2.62 bits per heavy atom. The molecule has 0 aromatic carbocycles. The summed E-state index contributed by atoms with van der Waals surface area (Å²) in [6.45, 7) is 9.40. The Morgan fingerprint density at radius 1 is 1.19 bits per heavy atom. The van der Waals surface area contributed by atoms with E-state index in [0.717, 1.165) is 5.75 Å². The van der Waals surface area contributed by atoms with Gasteiger partial charge < -0.3 is 5.32 Å². The Kier molecular flexibility index (Phi) is 4.41. The van der Waals surface area contributed by atoms with Crippen LogP contribution in [0, 0.1) is 5.41 Å². The quantitative estimate of drug-likeness (QED) is 0.893. The Balaban J connectivity index is 2.04. The summed E-state index contributed by atoms with van der Waals surface area (Å²) in [6, 6.07) is 0.490. The number of hydrogen-bond acceptors (Lipinski definition) is 4. The van der Waals surface area contributed by atoms with Gasteiger partial charge in [0, 0.05) is 16.7 Å². The second-order valence-corrected chi connectivity index (χ2v) is 9.68. The predicted octanol–water partition coefficient (Wildman–Crippen LogP) is 4.38. The van der Waals surface area contributed by atoms with Crippen molar-refractivity contribution < 1.29 is 0 Å². The highest BCUT2D eigenvalue weighted by Gasteiger charge is 2.50. The van der Waals surface area contributed by atoms with Gasteiger partial charge in [0.1, 0.15) is 5.01 Å². The molecule has 0 amide bonds. The van der Waals surface area contributed by atoms with Gasteiger partial charge in [0.15, 0.2) is 0 Å². The van der Waals surface area contributed by atoms with Crippen LogP contribution in [0.5, 0.6) is 0 Å². The van der Waals surface area contributed by atoms with Gasteiger partial charge in [0.25, 0.3) is 0 Å². The van der Waals surface area contributed by atoms with Crippen molar-refractivity contribution >= 4 is 23.1 Å². The SMILES string of the molecule is CC(C)NC1(c2nc3c(s2)CCCC3)CSCCC1(C)C. The fourth-order valence-electron chi connectivity index (χ4n) is 3.64. The summed E-state index contributed by atoms with van der Waals surface area (Å²) in [5.74, 6) is 2.43. The molecular formula is C17H28N2S2.